The Kier molecular flexibility index (Phi) is 5.48. The van der Waals surface area contributed by atoms with E-state index in [2.05, 4.69) is 5.48 Å². The van der Waals surface area contributed by atoms with Gasteiger partial charge in [0.15, 0.2) is 0 Å². The Morgan fingerprint density at radius 1 is 0.926 bits per heavy atom. The van der Waals surface area contributed by atoms with E-state index >= 15 is 0 Å². The van der Waals surface area contributed by atoms with Crippen LogP contribution in [0, 0.1) is 23.2 Å². The third-order valence-electron chi connectivity index (χ3n) is 6.57. The molecule has 5 heteroatoms. The smallest absolute Gasteiger partial charge is 0.338 e. The van der Waals surface area contributed by atoms with Gasteiger partial charge in [-0.25, -0.2) is 10.3 Å². The first-order valence-electron chi connectivity index (χ1n) is 10.3. The first-order chi connectivity index (χ1) is 13.1. The molecule has 146 valence electrons. The number of carbonyl (C=O) groups excluding carboxylic acids is 2. The van der Waals surface area contributed by atoms with Crippen molar-refractivity contribution in [3.05, 3.63) is 35.9 Å². The molecule has 1 aromatic rings. The number of amides is 1. The molecule has 1 N–H and O–H groups in total. The number of ether oxygens (including phenoxy) is 1. The lowest BCUT2D eigenvalue weighted by atomic mass is 9.49. The number of carbonyl (C=O) groups is 2. The van der Waals surface area contributed by atoms with E-state index in [0.29, 0.717) is 25.2 Å². The molecule has 4 aliphatic carbocycles. The SMILES string of the molecule is O=C(OCCCCONC(=O)C12CC3CC(CC(C3)C1)C2)c1ccccc1. The van der Waals surface area contributed by atoms with E-state index in [1.165, 1.54) is 19.3 Å². The molecule has 5 rings (SSSR count). The fourth-order valence-corrected chi connectivity index (χ4v) is 5.71. The quantitative estimate of drug-likeness (QED) is 0.428. The number of hydrogen-bond acceptors (Lipinski definition) is 4. The van der Waals surface area contributed by atoms with Crippen LogP contribution in [0.15, 0.2) is 30.3 Å². The standard InChI is InChI=1S/C22H29NO4/c24-20(19-6-2-1-3-7-19)26-8-4-5-9-27-23-21(25)22-13-16-10-17(14-22)12-18(11-16)15-22/h1-3,6-7,16-18H,4-5,8-15H2,(H,23,25). The third-order valence-corrected chi connectivity index (χ3v) is 6.57. The van der Waals surface area contributed by atoms with Crippen molar-refractivity contribution in [1.29, 1.82) is 0 Å². The molecule has 0 saturated heterocycles. The van der Waals surface area contributed by atoms with Gasteiger partial charge in [0.05, 0.1) is 24.2 Å². The van der Waals surface area contributed by atoms with E-state index in [-0.39, 0.29) is 17.3 Å². The molecular formula is C22H29NO4. The average molecular weight is 371 g/mol. The highest BCUT2D eigenvalue weighted by molar-refractivity contribution is 5.89. The van der Waals surface area contributed by atoms with Crippen molar-refractivity contribution in [2.45, 2.75) is 51.4 Å². The molecule has 4 fully saturated rings. The molecule has 1 aromatic carbocycles. The number of hydrogen-bond donors (Lipinski definition) is 1. The predicted octanol–water partition coefficient (Wildman–Crippen LogP) is 3.89. The van der Waals surface area contributed by atoms with Crippen molar-refractivity contribution >= 4 is 11.9 Å². The highest BCUT2D eigenvalue weighted by Gasteiger charge is 2.54. The molecule has 0 aromatic heterocycles. The first-order valence-corrected chi connectivity index (χ1v) is 10.3. The van der Waals surface area contributed by atoms with Gasteiger partial charge in [-0.2, -0.15) is 0 Å². The van der Waals surface area contributed by atoms with Gasteiger partial charge in [0.25, 0.3) is 0 Å². The average Bonchev–Trinajstić information content (AvgIpc) is 2.66. The molecule has 1 amide bonds. The van der Waals surface area contributed by atoms with Crippen LogP contribution in [0.25, 0.3) is 0 Å². The Bertz CT molecular complexity index is 637. The Morgan fingerprint density at radius 3 is 2.15 bits per heavy atom. The van der Waals surface area contributed by atoms with E-state index < -0.39 is 0 Å². The molecular weight excluding hydrogens is 342 g/mol. The summed E-state index contributed by atoms with van der Waals surface area (Å²) in [5.41, 5.74) is 3.12. The second kappa shape index (κ2) is 8.01. The van der Waals surface area contributed by atoms with Crippen LogP contribution in [0.4, 0.5) is 0 Å². The minimum Gasteiger partial charge on any atom is -0.462 e. The number of hydroxylamine groups is 1. The monoisotopic (exact) mass is 371 g/mol. The van der Waals surface area contributed by atoms with Crippen LogP contribution in [-0.2, 0) is 14.4 Å². The van der Waals surface area contributed by atoms with Crippen LogP contribution in [0.5, 0.6) is 0 Å². The maximum Gasteiger partial charge on any atom is 0.338 e. The summed E-state index contributed by atoms with van der Waals surface area (Å²) in [4.78, 5) is 30.0. The molecule has 0 aliphatic heterocycles. The van der Waals surface area contributed by atoms with Gasteiger partial charge >= 0.3 is 5.97 Å². The van der Waals surface area contributed by atoms with Crippen LogP contribution in [0.1, 0.15) is 61.7 Å². The number of nitrogens with one attached hydrogen (secondary N) is 1. The van der Waals surface area contributed by atoms with Crippen molar-refractivity contribution < 1.29 is 19.2 Å². The minimum atomic E-state index is -0.299. The Balaban J connectivity index is 1.11. The van der Waals surface area contributed by atoms with Crippen molar-refractivity contribution in [2.75, 3.05) is 13.2 Å². The molecule has 4 aliphatic rings. The zero-order valence-corrected chi connectivity index (χ0v) is 15.8. The van der Waals surface area contributed by atoms with Gasteiger partial charge in [0.2, 0.25) is 5.91 Å². The summed E-state index contributed by atoms with van der Waals surface area (Å²) in [5.74, 6) is 2.05. The highest BCUT2D eigenvalue weighted by Crippen LogP contribution is 2.60. The molecule has 4 bridgehead atoms. The van der Waals surface area contributed by atoms with Crippen molar-refractivity contribution in [3.8, 4) is 0 Å². The Morgan fingerprint density at radius 2 is 1.52 bits per heavy atom. The number of benzene rings is 1. The van der Waals surface area contributed by atoms with Gasteiger partial charge in [0, 0.05) is 0 Å². The first kappa shape index (κ1) is 18.5. The third kappa shape index (κ3) is 4.18. The molecule has 4 saturated carbocycles. The second-order valence-corrected chi connectivity index (χ2v) is 8.69. The van der Waals surface area contributed by atoms with Crippen LogP contribution >= 0.6 is 0 Å². The lowest BCUT2D eigenvalue weighted by molar-refractivity contribution is -0.159. The van der Waals surface area contributed by atoms with Crippen molar-refractivity contribution in [3.63, 3.8) is 0 Å². The second-order valence-electron chi connectivity index (χ2n) is 8.69. The normalized spacial score (nSPS) is 30.9. The fraction of sp³-hybridized carbons (Fsp3) is 0.636. The maximum absolute atomic E-state index is 12.7. The predicted molar refractivity (Wildman–Crippen MR) is 101 cm³/mol. The highest BCUT2D eigenvalue weighted by atomic mass is 16.6. The van der Waals surface area contributed by atoms with Gasteiger partial charge in [-0.3, -0.25) is 9.63 Å². The summed E-state index contributed by atoms with van der Waals surface area (Å²) < 4.78 is 5.24. The summed E-state index contributed by atoms with van der Waals surface area (Å²) in [6, 6.07) is 8.98. The Hall–Kier alpha value is -1.88. The number of esters is 1. The summed E-state index contributed by atoms with van der Waals surface area (Å²) in [5, 5.41) is 0. The minimum absolute atomic E-state index is 0.0945. The zero-order valence-electron chi connectivity index (χ0n) is 15.8. The fourth-order valence-electron chi connectivity index (χ4n) is 5.71. The van der Waals surface area contributed by atoms with Crippen LogP contribution < -0.4 is 5.48 Å². The Labute approximate surface area is 160 Å². The molecule has 5 nitrogen and oxygen atoms in total. The van der Waals surface area contributed by atoms with Gasteiger partial charge in [-0.05, 0) is 81.3 Å². The largest absolute Gasteiger partial charge is 0.462 e. The lowest BCUT2D eigenvalue weighted by Crippen LogP contribution is -2.53. The number of unbranched alkanes of at least 4 members (excludes halogenated alkanes) is 1. The van der Waals surface area contributed by atoms with Crippen LogP contribution in [0.2, 0.25) is 0 Å². The van der Waals surface area contributed by atoms with Gasteiger partial charge in [0.1, 0.15) is 0 Å². The van der Waals surface area contributed by atoms with Crippen molar-refractivity contribution in [1.82, 2.24) is 5.48 Å². The van der Waals surface area contributed by atoms with Crippen LogP contribution in [-0.4, -0.2) is 25.1 Å². The molecule has 27 heavy (non-hydrogen) atoms. The summed E-state index contributed by atoms with van der Waals surface area (Å²) >= 11 is 0. The topological polar surface area (TPSA) is 64.6 Å². The number of rotatable bonds is 8. The summed E-state index contributed by atoms with van der Waals surface area (Å²) in [6.45, 7) is 0.807. The summed E-state index contributed by atoms with van der Waals surface area (Å²) in [7, 11) is 0. The zero-order chi connectivity index (χ0) is 18.7. The molecule has 0 spiro atoms. The van der Waals surface area contributed by atoms with E-state index in [4.69, 9.17) is 9.57 Å². The van der Waals surface area contributed by atoms with Gasteiger partial charge in [-0.15, -0.1) is 0 Å². The molecule has 0 atom stereocenters. The summed E-state index contributed by atoms with van der Waals surface area (Å²) in [6.07, 6.45) is 8.57. The van der Waals surface area contributed by atoms with Crippen LogP contribution in [0.3, 0.4) is 0 Å². The van der Waals surface area contributed by atoms with Gasteiger partial charge in [-0.1, -0.05) is 18.2 Å². The van der Waals surface area contributed by atoms with Crippen molar-refractivity contribution in [2.24, 2.45) is 23.2 Å². The maximum atomic E-state index is 12.7. The van der Waals surface area contributed by atoms with E-state index in [1.54, 1.807) is 12.1 Å². The van der Waals surface area contributed by atoms with Gasteiger partial charge < -0.3 is 4.74 Å². The molecule has 0 radical (unpaired) electrons. The molecule has 0 heterocycles. The molecule has 0 unspecified atom stereocenters. The lowest BCUT2D eigenvalue weighted by Gasteiger charge is -2.55. The van der Waals surface area contributed by atoms with E-state index in [9.17, 15) is 9.59 Å². The van der Waals surface area contributed by atoms with E-state index in [0.717, 1.165) is 43.4 Å². The van der Waals surface area contributed by atoms with E-state index in [1.807, 2.05) is 18.2 Å².